The number of hydrogen-bond donors (Lipinski definition) is 1. The number of alkyl carbamates (subject to hydrolysis) is 1. The van der Waals surface area contributed by atoms with Gasteiger partial charge < -0.3 is 10.1 Å². The molecule has 1 amide bonds. The second kappa shape index (κ2) is 8.65. The number of carbonyl (C=O) groups excluding carboxylic acids is 1. The van der Waals surface area contributed by atoms with Crippen LogP contribution in [-0.2, 0) is 11.2 Å². The molecule has 1 heterocycles. The lowest BCUT2D eigenvalue weighted by Crippen LogP contribution is -2.36. The van der Waals surface area contributed by atoms with Crippen molar-refractivity contribution in [1.29, 1.82) is 0 Å². The molecule has 5 nitrogen and oxygen atoms in total. The topological polar surface area (TPSA) is 64.1 Å². The molecule has 0 spiro atoms. The first kappa shape index (κ1) is 19.5. The normalized spacial score (nSPS) is 12.2. The summed E-state index contributed by atoms with van der Waals surface area (Å²) < 4.78 is 5.44. The Bertz CT molecular complexity index is 906. The van der Waals surface area contributed by atoms with Gasteiger partial charge in [-0.3, -0.25) is 0 Å². The first-order valence-electron chi connectivity index (χ1n) is 9.32. The standard InChI is InChI=1S/C23H25N3O2/c1-23(2,3)28-22(27)26-20(16-17-10-6-4-7-11-17)21-24-15-14-19(25-21)18-12-8-5-9-13-18/h4-15,20H,16H2,1-3H3,(H,26,27). The Kier molecular flexibility index (Phi) is 6.04. The first-order chi connectivity index (χ1) is 13.4. The number of aromatic nitrogens is 2. The number of benzene rings is 2. The lowest BCUT2D eigenvalue weighted by Gasteiger charge is -2.23. The molecule has 28 heavy (non-hydrogen) atoms. The number of carbonyl (C=O) groups is 1. The highest BCUT2D eigenvalue weighted by atomic mass is 16.6. The zero-order valence-electron chi connectivity index (χ0n) is 16.4. The van der Waals surface area contributed by atoms with E-state index in [0.717, 1.165) is 16.8 Å². The predicted molar refractivity (Wildman–Crippen MR) is 110 cm³/mol. The van der Waals surface area contributed by atoms with Gasteiger partial charge in [-0.1, -0.05) is 60.7 Å². The van der Waals surface area contributed by atoms with E-state index in [-0.39, 0.29) is 0 Å². The maximum atomic E-state index is 12.4. The minimum Gasteiger partial charge on any atom is -0.444 e. The van der Waals surface area contributed by atoms with Crippen molar-refractivity contribution in [3.8, 4) is 11.3 Å². The fourth-order valence-electron chi connectivity index (χ4n) is 2.82. The van der Waals surface area contributed by atoms with Crippen LogP contribution in [0, 0.1) is 0 Å². The van der Waals surface area contributed by atoms with Gasteiger partial charge in [-0.25, -0.2) is 14.8 Å². The first-order valence-corrected chi connectivity index (χ1v) is 9.32. The maximum Gasteiger partial charge on any atom is 0.408 e. The van der Waals surface area contributed by atoms with Crippen molar-refractivity contribution in [3.05, 3.63) is 84.3 Å². The molecular weight excluding hydrogens is 350 g/mol. The molecule has 2 aromatic carbocycles. The van der Waals surface area contributed by atoms with E-state index in [2.05, 4.69) is 10.3 Å². The second-order valence-corrected chi connectivity index (χ2v) is 7.55. The van der Waals surface area contributed by atoms with Crippen LogP contribution in [0.2, 0.25) is 0 Å². The minimum atomic E-state index is -0.575. The van der Waals surface area contributed by atoms with Crippen molar-refractivity contribution in [2.24, 2.45) is 0 Å². The van der Waals surface area contributed by atoms with Crippen LogP contribution in [0.5, 0.6) is 0 Å². The Hall–Kier alpha value is -3.21. The van der Waals surface area contributed by atoms with Gasteiger partial charge >= 0.3 is 6.09 Å². The molecule has 1 unspecified atom stereocenters. The smallest absolute Gasteiger partial charge is 0.408 e. The summed E-state index contributed by atoms with van der Waals surface area (Å²) in [6.45, 7) is 5.52. The van der Waals surface area contributed by atoms with Gasteiger partial charge in [0.25, 0.3) is 0 Å². The quantitative estimate of drug-likeness (QED) is 0.685. The molecule has 0 saturated carbocycles. The number of hydrogen-bond acceptors (Lipinski definition) is 4. The van der Waals surface area contributed by atoms with Crippen molar-refractivity contribution < 1.29 is 9.53 Å². The summed E-state index contributed by atoms with van der Waals surface area (Å²) in [6.07, 6.45) is 1.81. The van der Waals surface area contributed by atoms with Gasteiger partial charge in [0.15, 0.2) is 5.82 Å². The number of rotatable bonds is 5. The van der Waals surface area contributed by atoms with Crippen molar-refractivity contribution >= 4 is 6.09 Å². The molecule has 0 radical (unpaired) electrons. The SMILES string of the molecule is CC(C)(C)OC(=O)NC(Cc1ccccc1)c1nccc(-c2ccccc2)n1. The molecule has 0 aliphatic rings. The van der Waals surface area contributed by atoms with Crippen LogP contribution in [0.3, 0.4) is 0 Å². The lowest BCUT2D eigenvalue weighted by atomic mass is 10.0. The van der Waals surface area contributed by atoms with Crippen molar-refractivity contribution in [2.45, 2.75) is 38.8 Å². The van der Waals surface area contributed by atoms with Crippen LogP contribution < -0.4 is 5.32 Å². The average Bonchev–Trinajstić information content (AvgIpc) is 2.68. The maximum absolute atomic E-state index is 12.4. The van der Waals surface area contributed by atoms with Crippen LogP contribution in [0.25, 0.3) is 11.3 Å². The largest absolute Gasteiger partial charge is 0.444 e. The number of amides is 1. The highest BCUT2D eigenvalue weighted by molar-refractivity contribution is 5.68. The van der Waals surface area contributed by atoms with Crippen molar-refractivity contribution in [2.75, 3.05) is 0 Å². The van der Waals surface area contributed by atoms with Crippen LogP contribution in [0.1, 0.15) is 38.2 Å². The number of nitrogens with one attached hydrogen (secondary N) is 1. The molecule has 144 valence electrons. The molecule has 0 bridgehead atoms. The molecule has 1 atom stereocenters. The fourth-order valence-corrected chi connectivity index (χ4v) is 2.82. The highest BCUT2D eigenvalue weighted by Crippen LogP contribution is 2.21. The van der Waals surface area contributed by atoms with E-state index < -0.39 is 17.7 Å². The molecular formula is C23H25N3O2. The second-order valence-electron chi connectivity index (χ2n) is 7.55. The molecule has 0 aliphatic carbocycles. The van der Waals surface area contributed by atoms with E-state index in [1.165, 1.54) is 0 Å². The third kappa shape index (κ3) is 5.64. The van der Waals surface area contributed by atoms with E-state index in [0.29, 0.717) is 12.2 Å². The molecule has 0 fully saturated rings. The Labute approximate surface area is 165 Å². The summed E-state index contributed by atoms with van der Waals surface area (Å²) in [5.74, 6) is 0.552. The molecule has 5 heteroatoms. The van der Waals surface area contributed by atoms with E-state index in [9.17, 15) is 4.79 Å². The summed E-state index contributed by atoms with van der Waals surface area (Å²) in [5.41, 5.74) is 2.32. The van der Waals surface area contributed by atoms with E-state index in [1.54, 1.807) is 6.20 Å². The monoisotopic (exact) mass is 375 g/mol. The summed E-state index contributed by atoms with van der Waals surface area (Å²) in [6, 6.07) is 21.3. The number of nitrogens with zero attached hydrogens (tertiary/aromatic N) is 2. The van der Waals surface area contributed by atoms with Crippen molar-refractivity contribution in [1.82, 2.24) is 15.3 Å². The molecule has 1 N–H and O–H groups in total. The molecule has 3 rings (SSSR count). The fraction of sp³-hybridized carbons (Fsp3) is 0.261. The van der Waals surface area contributed by atoms with Crippen LogP contribution in [0.15, 0.2) is 72.9 Å². The highest BCUT2D eigenvalue weighted by Gasteiger charge is 2.23. The van der Waals surface area contributed by atoms with Crippen molar-refractivity contribution in [3.63, 3.8) is 0 Å². The number of ether oxygens (including phenoxy) is 1. The van der Waals surface area contributed by atoms with Gasteiger partial charge in [-0.15, -0.1) is 0 Å². The lowest BCUT2D eigenvalue weighted by molar-refractivity contribution is 0.0501. The average molecular weight is 375 g/mol. The van der Waals surface area contributed by atoms with Gasteiger partial charge in [0.1, 0.15) is 5.60 Å². The third-order valence-corrected chi connectivity index (χ3v) is 4.03. The van der Waals surface area contributed by atoms with Crippen LogP contribution in [-0.4, -0.2) is 21.7 Å². The van der Waals surface area contributed by atoms with Gasteiger partial charge in [0, 0.05) is 18.2 Å². The Morgan fingerprint density at radius 1 is 1.00 bits per heavy atom. The molecule has 0 saturated heterocycles. The van der Waals surface area contributed by atoms with Gasteiger partial charge in [-0.05, 0) is 32.4 Å². The van der Waals surface area contributed by atoms with Crippen LogP contribution in [0.4, 0.5) is 4.79 Å². The third-order valence-electron chi connectivity index (χ3n) is 4.03. The zero-order valence-corrected chi connectivity index (χ0v) is 16.4. The zero-order chi connectivity index (χ0) is 20.0. The Morgan fingerprint density at radius 2 is 1.64 bits per heavy atom. The van der Waals surface area contributed by atoms with E-state index in [1.807, 2.05) is 87.5 Å². The molecule has 3 aromatic rings. The summed E-state index contributed by atoms with van der Waals surface area (Å²) in [4.78, 5) is 21.5. The predicted octanol–water partition coefficient (Wildman–Crippen LogP) is 4.95. The molecule has 0 aliphatic heterocycles. The van der Waals surface area contributed by atoms with Crippen LogP contribution >= 0.6 is 0 Å². The van der Waals surface area contributed by atoms with Gasteiger partial charge in [-0.2, -0.15) is 0 Å². The Morgan fingerprint density at radius 3 is 2.29 bits per heavy atom. The van der Waals surface area contributed by atoms with Gasteiger partial charge in [0.2, 0.25) is 0 Å². The van der Waals surface area contributed by atoms with Gasteiger partial charge in [0.05, 0.1) is 11.7 Å². The van der Waals surface area contributed by atoms with E-state index in [4.69, 9.17) is 9.72 Å². The van der Waals surface area contributed by atoms with E-state index >= 15 is 0 Å². The summed E-state index contributed by atoms with van der Waals surface area (Å²) in [7, 11) is 0. The summed E-state index contributed by atoms with van der Waals surface area (Å²) >= 11 is 0. The Balaban J connectivity index is 1.88. The molecule has 1 aromatic heterocycles. The summed E-state index contributed by atoms with van der Waals surface area (Å²) in [5, 5.41) is 2.93. The minimum absolute atomic E-state index is 0.402.